The van der Waals surface area contributed by atoms with E-state index in [1.807, 2.05) is 0 Å². The van der Waals surface area contributed by atoms with E-state index in [2.05, 4.69) is 4.74 Å². The summed E-state index contributed by atoms with van der Waals surface area (Å²) < 4.78 is 4.46. The fourth-order valence-corrected chi connectivity index (χ4v) is 2.21. The Morgan fingerprint density at radius 2 is 2.00 bits per heavy atom. The third kappa shape index (κ3) is 4.63. The van der Waals surface area contributed by atoms with Crippen molar-refractivity contribution >= 4 is 29.2 Å². The maximum Gasteiger partial charge on any atom is 0.323 e. The van der Waals surface area contributed by atoms with Crippen LogP contribution in [-0.4, -0.2) is 41.3 Å². The van der Waals surface area contributed by atoms with Gasteiger partial charge in [0.15, 0.2) is 5.78 Å². The Balaban J connectivity index is 2.47. The maximum atomic E-state index is 11.8. The number of hydrogen-bond acceptors (Lipinski definition) is 7. The van der Waals surface area contributed by atoms with Crippen LogP contribution in [0, 0.1) is 10.1 Å². The van der Waals surface area contributed by atoms with Gasteiger partial charge >= 0.3 is 5.97 Å². The molecule has 7 nitrogen and oxygen atoms in total. The van der Waals surface area contributed by atoms with E-state index in [0.29, 0.717) is 5.56 Å². The highest BCUT2D eigenvalue weighted by atomic mass is 32.2. The highest BCUT2D eigenvalue weighted by Gasteiger charge is 2.15. The SMILES string of the molecule is COC(=O)[C@@H](N)CSCC(=O)c1ccc([N+](=O)[O-])cc1. The van der Waals surface area contributed by atoms with Crippen LogP contribution in [0.3, 0.4) is 0 Å². The largest absolute Gasteiger partial charge is 0.468 e. The molecule has 0 spiro atoms. The molecule has 0 saturated carbocycles. The summed E-state index contributed by atoms with van der Waals surface area (Å²) in [7, 11) is 1.24. The first kappa shape index (κ1) is 16.1. The van der Waals surface area contributed by atoms with Gasteiger partial charge < -0.3 is 10.5 Å². The molecule has 0 radical (unpaired) electrons. The number of methoxy groups -OCH3 is 1. The number of rotatable bonds is 7. The van der Waals surface area contributed by atoms with Gasteiger partial charge in [0.1, 0.15) is 6.04 Å². The molecule has 0 unspecified atom stereocenters. The number of ketones is 1. The second-order valence-electron chi connectivity index (χ2n) is 3.87. The standard InChI is InChI=1S/C12H14N2O5S/c1-19-12(16)10(13)6-20-7-11(15)8-2-4-9(5-3-8)14(17)18/h2-5,10H,6-7,13H2,1H3/t10-/m0/s1. The first-order valence-corrected chi connectivity index (χ1v) is 6.80. The Bertz CT molecular complexity index is 503. The molecule has 8 heteroatoms. The van der Waals surface area contributed by atoms with Crippen LogP contribution >= 0.6 is 11.8 Å². The summed E-state index contributed by atoms with van der Waals surface area (Å²) in [4.78, 5) is 32.8. The Morgan fingerprint density at radius 1 is 1.40 bits per heavy atom. The molecule has 0 aromatic heterocycles. The number of nitro groups is 1. The zero-order valence-electron chi connectivity index (χ0n) is 10.8. The lowest BCUT2D eigenvalue weighted by Crippen LogP contribution is -2.34. The van der Waals surface area contributed by atoms with Gasteiger partial charge in [-0.3, -0.25) is 19.7 Å². The first-order valence-electron chi connectivity index (χ1n) is 5.64. The van der Waals surface area contributed by atoms with Crippen LogP contribution in [0.4, 0.5) is 5.69 Å². The van der Waals surface area contributed by atoms with E-state index >= 15 is 0 Å². The van der Waals surface area contributed by atoms with Gasteiger partial charge in [-0.15, -0.1) is 0 Å². The molecule has 0 bridgehead atoms. The predicted molar refractivity (Wildman–Crippen MR) is 74.7 cm³/mol. The van der Waals surface area contributed by atoms with E-state index in [1.165, 1.54) is 43.1 Å². The summed E-state index contributed by atoms with van der Waals surface area (Å²) in [6.07, 6.45) is 0. The molecule has 1 atom stereocenters. The van der Waals surface area contributed by atoms with Gasteiger partial charge in [-0.05, 0) is 12.1 Å². The number of carbonyl (C=O) groups is 2. The second kappa shape index (κ2) is 7.61. The van der Waals surface area contributed by atoms with Crippen molar-refractivity contribution in [1.29, 1.82) is 0 Å². The summed E-state index contributed by atoms with van der Waals surface area (Å²) in [6, 6.07) is 4.59. The third-order valence-electron chi connectivity index (χ3n) is 2.43. The number of nitrogens with zero attached hydrogens (tertiary/aromatic N) is 1. The molecule has 108 valence electrons. The van der Waals surface area contributed by atoms with Crippen molar-refractivity contribution in [2.75, 3.05) is 18.6 Å². The van der Waals surface area contributed by atoms with Crippen LogP contribution in [0.5, 0.6) is 0 Å². The molecule has 1 rings (SSSR count). The molecule has 0 aliphatic carbocycles. The number of ether oxygens (including phenoxy) is 1. The summed E-state index contributed by atoms with van der Waals surface area (Å²) >= 11 is 1.21. The van der Waals surface area contributed by atoms with Crippen LogP contribution in [0.1, 0.15) is 10.4 Å². The van der Waals surface area contributed by atoms with E-state index in [1.54, 1.807) is 0 Å². The van der Waals surface area contributed by atoms with Gasteiger partial charge in [-0.2, -0.15) is 11.8 Å². The van der Waals surface area contributed by atoms with Gasteiger partial charge in [0.2, 0.25) is 0 Å². The second-order valence-corrected chi connectivity index (χ2v) is 4.90. The van der Waals surface area contributed by atoms with Gasteiger partial charge in [0, 0.05) is 23.4 Å². The monoisotopic (exact) mass is 298 g/mol. The Labute approximate surface area is 119 Å². The van der Waals surface area contributed by atoms with Crippen LogP contribution in [0.25, 0.3) is 0 Å². The lowest BCUT2D eigenvalue weighted by Gasteiger charge is -2.08. The number of carbonyl (C=O) groups excluding carboxylic acids is 2. The zero-order valence-corrected chi connectivity index (χ0v) is 11.6. The topological polar surface area (TPSA) is 113 Å². The number of esters is 1. The van der Waals surface area contributed by atoms with Crippen molar-refractivity contribution in [3.05, 3.63) is 39.9 Å². The number of non-ortho nitro benzene ring substituents is 1. The summed E-state index contributed by atoms with van der Waals surface area (Å²) in [5.74, 6) is -0.296. The first-order chi connectivity index (χ1) is 9.45. The lowest BCUT2D eigenvalue weighted by atomic mass is 10.1. The Hall–Kier alpha value is -1.93. The van der Waals surface area contributed by atoms with Crippen LogP contribution in [0.15, 0.2) is 24.3 Å². The minimum absolute atomic E-state index is 0.0677. The van der Waals surface area contributed by atoms with E-state index < -0.39 is 16.9 Å². The van der Waals surface area contributed by atoms with Gasteiger partial charge in [-0.1, -0.05) is 0 Å². The minimum atomic E-state index is -0.769. The number of hydrogen-bond donors (Lipinski definition) is 1. The molecular weight excluding hydrogens is 284 g/mol. The smallest absolute Gasteiger partial charge is 0.323 e. The zero-order chi connectivity index (χ0) is 15.1. The van der Waals surface area contributed by atoms with Crippen molar-refractivity contribution in [2.45, 2.75) is 6.04 Å². The van der Waals surface area contributed by atoms with Crippen molar-refractivity contribution in [2.24, 2.45) is 5.73 Å². The maximum absolute atomic E-state index is 11.8. The third-order valence-corrected chi connectivity index (χ3v) is 3.50. The molecular formula is C12H14N2O5S. The highest BCUT2D eigenvalue weighted by Crippen LogP contribution is 2.14. The molecule has 0 heterocycles. The highest BCUT2D eigenvalue weighted by molar-refractivity contribution is 8.00. The summed E-state index contributed by atoms with van der Waals surface area (Å²) in [6.45, 7) is 0. The van der Waals surface area contributed by atoms with Crippen LogP contribution < -0.4 is 5.73 Å². The molecule has 0 amide bonds. The van der Waals surface area contributed by atoms with E-state index in [0.717, 1.165) is 0 Å². The number of nitrogens with two attached hydrogens (primary N) is 1. The average Bonchev–Trinajstić information content (AvgIpc) is 2.46. The summed E-state index contributed by atoms with van der Waals surface area (Å²) in [5, 5.41) is 10.5. The molecule has 0 aliphatic rings. The van der Waals surface area contributed by atoms with Crippen molar-refractivity contribution in [3.63, 3.8) is 0 Å². The molecule has 0 fully saturated rings. The van der Waals surface area contributed by atoms with E-state index in [-0.39, 0.29) is 23.0 Å². The minimum Gasteiger partial charge on any atom is -0.468 e. The molecule has 20 heavy (non-hydrogen) atoms. The van der Waals surface area contributed by atoms with Crippen molar-refractivity contribution in [3.8, 4) is 0 Å². The molecule has 2 N–H and O–H groups in total. The quantitative estimate of drug-likeness (QED) is 0.346. The number of nitro benzene ring substituents is 1. The fraction of sp³-hybridized carbons (Fsp3) is 0.333. The van der Waals surface area contributed by atoms with Crippen LogP contribution in [0.2, 0.25) is 0 Å². The van der Waals surface area contributed by atoms with Gasteiger partial charge in [0.25, 0.3) is 5.69 Å². The van der Waals surface area contributed by atoms with E-state index in [9.17, 15) is 19.7 Å². The molecule has 0 saturated heterocycles. The molecule has 0 aliphatic heterocycles. The number of Topliss-reactive ketones (excluding diaryl/α,β-unsaturated/α-hetero) is 1. The number of benzene rings is 1. The van der Waals surface area contributed by atoms with Crippen molar-refractivity contribution in [1.82, 2.24) is 0 Å². The van der Waals surface area contributed by atoms with Crippen LogP contribution in [-0.2, 0) is 9.53 Å². The fourth-order valence-electron chi connectivity index (χ4n) is 1.35. The van der Waals surface area contributed by atoms with E-state index in [4.69, 9.17) is 5.73 Å². The lowest BCUT2D eigenvalue weighted by molar-refractivity contribution is -0.384. The predicted octanol–water partition coefficient (Wildman–Crippen LogP) is 1.01. The normalized spacial score (nSPS) is 11.7. The number of thioether (sulfide) groups is 1. The molecule has 1 aromatic carbocycles. The molecule has 1 aromatic rings. The summed E-state index contributed by atoms with van der Waals surface area (Å²) in [5.41, 5.74) is 5.84. The Morgan fingerprint density at radius 3 is 2.50 bits per heavy atom. The Kier molecular flexibility index (Phi) is 6.13. The van der Waals surface area contributed by atoms with Gasteiger partial charge in [-0.25, -0.2) is 0 Å². The van der Waals surface area contributed by atoms with Crippen molar-refractivity contribution < 1.29 is 19.2 Å². The average molecular weight is 298 g/mol. The van der Waals surface area contributed by atoms with Gasteiger partial charge in [0.05, 0.1) is 17.8 Å².